The van der Waals surface area contributed by atoms with Gasteiger partial charge in [0.2, 0.25) is 0 Å². The fourth-order valence-corrected chi connectivity index (χ4v) is 3.47. The molecule has 0 amide bonds. The van der Waals surface area contributed by atoms with Crippen molar-refractivity contribution in [3.8, 4) is 6.07 Å². The van der Waals surface area contributed by atoms with E-state index in [1.165, 1.54) is 42.5 Å². The molecule has 10 N–H and O–H groups in total. The molecular weight excluding hydrogens is 699 g/mol. The van der Waals surface area contributed by atoms with E-state index in [2.05, 4.69) is 0 Å². The molecule has 0 bridgehead atoms. The summed E-state index contributed by atoms with van der Waals surface area (Å²) in [5, 5.41) is 7.44. The molecule has 53 heavy (non-hydrogen) atoms. The number of hydrogen-bond donors (Lipinski definition) is 5. The van der Waals surface area contributed by atoms with Crippen LogP contribution < -0.4 is 34.0 Å². The first-order valence-electron chi connectivity index (χ1n) is 15.2. The molecule has 0 spiro atoms. The summed E-state index contributed by atoms with van der Waals surface area (Å²) in [7, 11) is 0. The Morgan fingerprint density at radius 2 is 1.04 bits per heavy atom. The van der Waals surface area contributed by atoms with Crippen LogP contribution in [-0.2, 0) is 0 Å². The molecule has 0 heterocycles. The summed E-state index contributed by atoms with van der Waals surface area (Å²) in [5.74, 6) is -2.20. The molecule has 0 fully saturated rings. The third kappa shape index (κ3) is 19.8. The van der Waals surface area contributed by atoms with Gasteiger partial charge in [-0.1, -0.05) is 51.4 Å². The molecule has 0 saturated carbocycles. The zero-order valence-electron chi connectivity index (χ0n) is 28.6. The van der Waals surface area contributed by atoms with Crippen LogP contribution in [0.15, 0.2) is 133 Å². The van der Waals surface area contributed by atoms with Crippen LogP contribution in [0.25, 0.3) is 0 Å². The molecule has 6 aromatic carbocycles. The number of nitrogen functional groups attached to an aromatic ring is 5. The van der Waals surface area contributed by atoms with Gasteiger partial charge in [0, 0.05) is 28.8 Å². The SMILES string of the molecule is Cc1ccc(F)cc1N.Cc1ccc(N)c(F)c1.FN(F)c1ccccc1.N#Cc1cccc(N)c1.Nc1cc(F)cc(F)c1.Nc1cccc(F)c1. The highest BCUT2D eigenvalue weighted by molar-refractivity contribution is 5.46. The van der Waals surface area contributed by atoms with Crippen molar-refractivity contribution < 1.29 is 30.9 Å². The Hall–Kier alpha value is -6.88. The molecule has 0 saturated heterocycles. The second kappa shape index (κ2) is 23.5. The zero-order valence-corrected chi connectivity index (χ0v) is 28.6. The number of benzene rings is 6. The molecule has 7 nitrogen and oxygen atoms in total. The fraction of sp³-hybridized carbons (Fsp3) is 0.0513. The fourth-order valence-electron chi connectivity index (χ4n) is 3.47. The van der Waals surface area contributed by atoms with E-state index in [1.54, 1.807) is 72.8 Å². The van der Waals surface area contributed by atoms with Gasteiger partial charge in [-0.2, -0.15) is 5.26 Å². The second-order valence-corrected chi connectivity index (χ2v) is 10.6. The molecule has 0 unspecified atom stereocenters. The predicted molar refractivity (Wildman–Crippen MR) is 199 cm³/mol. The molecule has 6 aromatic rings. The normalized spacial score (nSPS) is 9.21. The molecule has 6 rings (SSSR count). The van der Waals surface area contributed by atoms with Crippen molar-refractivity contribution >= 4 is 34.1 Å². The van der Waals surface area contributed by atoms with Gasteiger partial charge in [-0.15, -0.1) is 0 Å². The van der Waals surface area contributed by atoms with Crippen molar-refractivity contribution in [3.05, 3.63) is 179 Å². The van der Waals surface area contributed by atoms with Gasteiger partial charge < -0.3 is 28.7 Å². The van der Waals surface area contributed by atoms with Crippen LogP contribution in [0.2, 0.25) is 0 Å². The summed E-state index contributed by atoms with van der Waals surface area (Å²) in [4.78, 5) is 0. The van der Waals surface area contributed by atoms with Crippen molar-refractivity contribution in [2.24, 2.45) is 0 Å². The topological polar surface area (TPSA) is 157 Å². The summed E-state index contributed by atoms with van der Waals surface area (Å²) in [6, 6.07) is 34.2. The maximum atomic E-state index is 12.5. The average molecular weight is 738 g/mol. The highest BCUT2D eigenvalue weighted by Gasteiger charge is 1.98. The Morgan fingerprint density at radius 3 is 1.42 bits per heavy atom. The summed E-state index contributed by atoms with van der Waals surface area (Å²) >= 11 is 0. The van der Waals surface area contributed by atoms with Gasteiger partial charge in [0.15, 0.2) is 0 Å². The lowest BCUT2D eigenvalue weighted by molar-refractivity contribution is 0.235. The van der Waals surface area contributed by atoms with Gasteiger partial charge in [0.1, 0.15) is 34.8 Å². The lowest BCUT2D eigenvalue weighted by Gasteiger charge is -1.97. The quantitative estimate of drug-likeness (QED) is 0.0639. The van der Waals surface area contributed by atoms with Crippen LogP contribution >= 0.6 is 0 Å². The minimum atomic E-state index is -0.917. The predicted octanol–water partition coefficient (Wildman–Crippen LogP) is 9.79. The van der Waals surface area contributed by atoms with Gasteiger partial charge in [-0.05, 0) is 115 Å². The molecule has 278 valence electrons. The number of halogens is 7. The number of nitriles is 1. The van der Waals surface area contributed by atoms with E-state index in [4.69, 9.17) is 33.9 Å². The number of nitrogens with zero attached hydrogens (tertiary/aromatic N) is 2. The highest BCUT2D eigenvalue weighted by atomic mass is 19.4. The number of nitrogens with two attached hydrogens (primary N) is 5. The average Bonchev–Trinajstić information content (AvgIpc) is 3.09. The van der Waals surface area contributed by atoms with Crippen molar-refractivity contribution in [2.75, 3.05) is 34.0 Å². The van der Waals surface area contributed by atoms with E-state index in [0.29, 0.717) is 22.6 Å². The third-order valence-corrected chi connectivity index (χ3v) is 6.10. The first-order valence-corrected chi connectivity index (χ1v) is 15.2. The van der Waals surface area contributed by atoms with Crippen LogP contribution in [0.4, 0.5) is 65.0 Å². The lowest BCUT2D eigenvalue weighted by atomic mass is 10.2. The standard InChI is InChI=1S/2C7H8FN.C7H6N2.2C6H5F2N.C6H6FN/c1-5-2-3-6(8)4-7(5)9;1-5-2-3-7(9)6(8)4-5;8-5-6-2-1-3-7(9)4-6;7-4-1-5(8)3-6(9)2-4;7-9(8)6-4-2-1-3-5-6;7-5-2-1-3-6(8)4-5/h2*2-4H,9H2,1H3;1-4H,9H2;1-3H,9H2;1-5H;1-4H,8H2. The molecule has 0 radical (unpaired) electrons. The molecular formula is C39H38F7N7. The van der Waals surface area contributed by atoms with E-state index in [9.17, 15) is 30.9 Å². The van der Waals surface area contributed by atoms with Crippen molar-refractivity contribution in [3.63, 3.8) is 0 Å². The van der Waals surface area contributed by atoms with E-state index in [-0.39, 0.29) is 34.5 Å². The summed E-state index contributed by atoms with van der Waals surface area (Å²) in [6.07, 6.45) is 0. The minimum Gasteiger partial charge on any atom is -0.399 e. The summed E-state index contributed by atoms with van der Waals surface area (Å²) < 4.78 is 84.2. The highest BCUT2D eigenvalue weighted by Crippen LogP contribution is 2.13. The first kappa shape index (κ1) is 44.1. The molecule has 0 aliphatic rings. The van der Waals surface area contributed by atoms with Crippen molar-refractivity contribution in [2.45, 2.75) is 13.8 Å². The first-order chi connectivity index (χ1) is 25.0. The van der Waals surface area contributed by atoms with Crippen LogP contribution in [0.5, 0.6) is 0 Å². The molecule has 0 aliphatic carbocycles. The van der Waals surface area contributed by atoms with Crippen LogP contribution in [0, 0.1) is 54.3 Å². The Bertz CT molecular complexity index is 1910. The number of hydrogen-bond acceptors (Lipinski definition) is 7. The molecule has 0 aromatic heterocycles. The lowest BCUT2D eigenvalue weighted by Crippen LogP contribution is -1.93. The number of para-hydroxylation sites is 1. The Balaban J connectivity index is 0.000000318. The summed E-state index contributed by atoms with van der Waals surface area (Å²) in [6.45, 7) is 3.66. The Labute approximate surface area is 303 Å². The van der Waals surface area contributed by atoms with E-state index < -0.39 is 17.0 Å². The Kier molecular flexibility index (Phi) is 19.6. The number of aryl methyl sites for hydroxylation is 2. The smallest absolute Gasteiger partial charge is 0.146 e. The maximum absolute atomic E-state index is 12.5. The largest absolute Gasteiger partial charge is 0.399 e. The van der Waals surface area contributed by atoms with Gasteiger partial charge in [-0.25, -0.2) is 22.0 Å². The van der Waals surface area contributed by atoms with E-state index in [1.807, 2.05) is 19.9 Å². The van der Waals surface area contributed by atoms with Crippen LogP contribution in [0.3, 0.4) is 0 Å². The number of anilines is 6. The Morgan fingerprint density at radius 1 is 0.491 bits per heavy atom. The van der Waals surface area contributed by atoms with Crippen LogP contribution in [0.1, 0.15) is 16.7 Å². The van der Waals surface area contributed by atoms with Crippen molar-refractivity contribution in [1.29, 1.82) is 5.26 Å². The monoisotopic (exact) mass is 737 g/mol. The van der Waals surface area contributed by atoms with Gasteiger partial charge in [-0.3, -0.25) is 0 Å². The zero-order chi connectivity index (χ0) is 39.9. The van der Waals surface area contributed by atoms with E-state index in [0.717, 1.165) is 29.3 Å². The summed E-state index contributed by atoms with van der Waals surface area (Å²) in [5.41, 5.74) is 30.5. The molecule has 14 heteroatoms. The van der Waals surface area contributed by atoms with Crippen molar-refractivity contribution in [1.82, 2.24) is 0 Å². The van der Waals surface area contributed by atoms with E-state index >= 15 is 0 Å². The number of rotatable bonds is 1. The minimum absolute atomic E-state index is 0.0856. The molecule has 0 aliphatic heterocycles. The van der Waals surface area contributed by atoms with Crippen LogP contribution in [-0.4, -0.2) is 0 Å². The second-order valence-electron chi connectivity index (χ2n) is 10.6. The third-order valence-electron chi connectivity index (χ3n) is 6.10. The van der Waals surface area contributed by atoms with Gasteiger partial charge in [0.05, 0.1) is 17.3 Å². The van der Waals surface area contributed by atoms with Gasteiger partial charge in [0.25, 0.3) is 0 Å². The molecule has 0 atom stereocenters. The van der Waals surface area contributed by atoms with Gasteiger partial charge >= 0.3 is 0 Å². The maximum Gasteiger partial charge on any atom is 0.146 e.